The van der Waals surface area contributed by atoms with Gasteiger partial charge in [0.2, 0.25) is 0 Å². The number of likely N-dealkylation sites (tertiary alicyclic amines) is 2. The van der Waals surface area contributed by atoms with Gasteiger partial charge in [0.25, 0.3) is 11.8 Å². The van der Waals surface area contributed by atoms with Crippen LogP contribution in [-0.2, 0) is 14.3 Å². The van der Waals surface area contributed by atoms with Crippen molar-refractivity contribution in [2.45, 2.75) is 70.1 Å². The van der Waals surface area contributed by atoms with Gasteiger partial charge in [-0.25, -0.2) is 4.98 Å². The van der Waals surface area contributed by atoms with Gasteiger partial charge in [0.05, 0.1) is 22.8 Å². The molecule has 5 rings (SSSR count). The molecule has 0 bridgehead atoms. The lowest BCUT2D eigenvalue weighted by Gasteiger charge is -2.62. The van der Waals surface area contributed by atoms with E-state index < -0.39 is 0 Å². The van der Waals surface area contributed by atoms with E-state index in [0.29, 0.717) is 38.8 Å². The first-order chi connectivity index (χ1) is 14.5. The summed E-state index contributed by atoms with van der Waals surface area (Å²) < 4.78 is 11.8. The molecule has 3 saturated heterocycles. The number of piperidine rings is 1. The van der Waals surface area contributed by atoms with Crippen molar-refractivity contribution >= 4 is 23.2 Å². The second-order valence-electron chi connectivity index (χ2n) is 9.25. The number of hydrogen-bond donors (Lipinski definition) is 0. The van der Waals surface area contributed by atoms with E-state index in [1.807, 2.05) is 18.7 Å². The van der Waals surface area contributed by atoms with Crippen molar-refractivity contribution in [2.24, 2.45) is 5.92 Å². The minimum atomic E-state index is -0.301. The van der Waals surface area contributed by atoms with Crippen molar-refractivity contribution < 1.29 is 19.1 Å². The Morgan fingerprint density at radius 2 is 1.90 bits per heavy atom. The SMILES string of the molecule is Cc1nc(C)c(C(=O)N2CCC(N3C(=O)C(OCC4CC4)C34CCOCC4)CC2)s1. The molecular weight excluding hydrogens is 402 g/mol. The number of β-lactam (4-membered cyclic amide) rings is 1. The van der Waals surface area contributed by atoms with E-state index in [9.17, 15) is 9.59 Å². The lowest BCUT2D eigenvalue weighted by atomic mass is 9.72. The number of nitrogens with zero attached hydrogens (tertiary/aromatic N) is 3. The van der Waals surface area contributed by atoms with Crippen molar-refractivity contribution in [3.8, 4) is 0 Å². The number of aryl methyl sites for hydroxylation is 2. The summed E-state index contributed by atoms with van der Waals surface area (Å²) in [5.74, 6) is 0.881. The minimum Gasteiger partial charge on any atom is -0.381 e. The fourth-order valence-electron chi connectivity index (χ4n) is 5.35. The van der Waals surface area contributed by atoms with Crippen molar-refractivity contribution in [3.63, 3.8) is 0 Å². The third-order valence-corrected chi connectivity index (χ3v) is 8.26. The molecule has 0 N–H and O–H groups in total. The predicted octanol–water partition coefficient (Wildman–Crippen LogP) is 2.55. The van der Waals surface area contributed by atoms with Crippen LogP contribution in [0.15, 0.2) is 0 Å². The molecule has 1 aromatic heterocycles. The summed E-state index contributed by atoms with van der Waals surface area (Å²) in [4.78, 5) is 35.3. The van der Waals surface area contributed by atoms with Crippen molar-refractivity contribution in [1.29, 1.82) is 0 Å². The monoisotopic (exact) mass is 433 g/mol. The van der Waals surface area contributed by atoms with E-state index in [2.05, 4.69) is 9.88 Å². The molecule has 164 valence electrons. The summed E-state index contributed by atoms with van der Waals surface area (Å²) in [7, 11) is 0. The van der Waals surface area contributed by atoms with Gasteiger partial charge >= 0.3 is 0 Å². The molecule has 30 heavy (non-hydrogen) atoms. The van der Waals surface area contributed by atoms with Gasteiger partial charge in [-0.15, -0.1) is 11.3 Å². The summed E-state index contributed by atoms with van der Waals surface area (Å²) in [6, 6.07) is 0.185. The zero-order valence-electron chi connectivity index (χ0n) is 17.9. The number of rotatable bonds is 5. The molecule has 1 spiro atoms. The number of amides is 2. The second-order valence-corrected chi connectivity index (χ2v) is 10.5. The average Bonchev–Trinajstić information content (AvgIpc) is 3.51. The Bertz CT molecular complexity index is 822. The third-order valence-electron chi connectivity index (χ3n) is 7.20. The van der Waals surface area contributed by atoms with Gasteiger partial charge in [0.15, 0.2) is 6.10 Å². The molecule has 1 saturated carbocycles. The molecule has 4 fully saturated rings. The Morgan fingerprint density at radius 3 is 2.50 bits per heavy atom. The summed E-state index contributed by atoms with van der Waals surface area (Å²) in [6.45, 7) is 7.30. The van der Waals surface area contributed by atoms with Gasteiger partial charge in [-0.2, -0.15) is 0 Å². The van der Waals surface area contributed by atoms with E-state index >= 15 is 0 Å². The van der Waals surface area contributed by atoms with Gasteiger partial charge in [-0.05, 0) is 58.3 Å². The number of ether oxygens (including phenoxy) is 2. The molecule has 1 aromatic rings. The molecule has 4 heterocycles. The van der Waals surface area contributed by atoms with Crippen LogP contribution in [-0.4, -0.2) is 77.2 Å². The molecule has 3 aliphatic heterocycles. The number of carbonyl (C=O) groups is 2. The van der Waals surface area contributed by atoms with Gasteiger partial charge < -0.3 is 19.3 Å². The second kappa shape index (κ2) is 7.88. The molecule has 1 aliphatic carbocycles. The molecular formula is C22H31N3O4S. The predicted molar refractivity (Wildman–Crippen MR) is 113 cm³/mol. The highest BCUT2D eigenvalue weighted by molar-refractivity contribution is 7.13. The van der Waals surface area contributed by atoms with Crippen LogP contribution < -0.4 is 0 Å². The van der Waals surface area contributed by atoms with E-state index in [1.165, 1.54) is 24.2 Å². The van der Waals surface area contributed by atoms with E-state index in [0.717, 1.165) is 41.3 Å². The molecule has 7 nitrogen and oxygen atoms in total. The van der Waals surface area contributed by atoms with Crippen LogP contribution in [0.25, 0.3) is 0 Å². The van der Waals surface area contributed by atoms with E-state index in [1.54, 1.807) is 0 Å². The first kappa shape index (κ1) is 20.4. The van der Waals surface area contributed by atoms with Crippen molar-refractivity contribution in [1.82, 2.24) is 14.8 Å². The number of thiazole rings is 1. The number of hydrogen-bond acceptors (Lipinski definition) is 6. The zero-order chi connectivity index (χ0) is 20.9. The van der Waals surface area contributed by atoms with Crippen LogP contribution in [0.2, 0.25) is 0 Å². The molecule has 4 aliphatic rings. The highest BCUT2D eigenvalue weighted by Gasteiger charge is 2.63. The Hall–Kier alpha value is -1.51. The smallest absolute Gasteiger partial charge is 0.265 e. The molecule has 8 heteroatoms. The Morgan fingerprint density at radius 1 is 1.20 bits per heavy atom. The molecule has 1 atom stereocenters. The zero-order valence-corrected chi connectivity index (χ0v) is 18.7. The summed E-state index contributed by atoms with van der Waals surface area (Å²) in [6.07, 6.45) is 5.51. The van der Waals surface area contributed by atoms with Gasteiger partial charge in [-0.3, -0.25) is 9.59 Å². The first-order valence-electron chi connectivity index (χ1n) is 11.3. The lowest BCUT2D eigenvalue weighted by Crippen LogP contribution is -2.79. The van der Waals surface area contributed by atoms with Gasteiger partial charge in [0.1, 0.15) is 4.88 Å². The fraction of sp³-hybridized carbons (Fsp3) is 0.773. The van der Waals surface area contributed by atoms with Crippen molar-refractivity contribution in [3.05, 3.63) is 15.6 Å². The Balaban J connectivity index is 1.25. The molecule has 1 unspecified atom stereocenters. The maximum absolute atomic E-state index is 13.1. The van der Waals surface area contributed by atoms with Crippen LogP contribution in [0.5, 0.6) is 0 Å². The summed E-state index contributed by atoms with van der Waals surface area (Å²) >= 11 is 1.47. The van der Waals surface area contributed by atoms with E-state index in [-0.39, 0.29) is 29.5 Å². The average molecular weight is 434 g/mol. The molecule has 0 aromatic carbocycles. The van der Waals surface area contributed by atoms with Crippen LogP contribution in [0.1, 0.15) is 58.9 Å². The quantitative estimate of drug-likeness (QED) is 0.668. The topological polar surface area (TPSA) is 72.0 Å². The highest BCUT2D eigenvalue weighted by Crippen LogP contribution is 2.46. The third kappa shape index (κ3) is 3.46. The summed E-state index contributed by atoms with van der Waals surface area (Å²) in [5.41, 5.74) is 0.617. The van der Waals surface area contributed by atoms with Crippen LogP contribution in [0.3, 0.4) is 0 Å². The first-order valence-corrected chi connectivity index (χ1v) is 12.1. The van der Waals surface area contributed by atoms with Crippen LogP contribution in [0.4, 0.5) is 0 Å². The van der Waals surface area contributed by atoms with Crippen molar-refractivity contribution in [2.75, 3.05) is 32.9 Å². The van der Waals surface area contributed by atoms with Crippen LogP contribution >= 0.6 is 11.3 Å². The minimum absolute atomic E-state index is 0.0814. The Labute approximate surface area is 181 Å². The normalized spacial score (nSPS) is 26.9. The molecule has 2 amide bonds. The van der Waals surface area contributed by atoms with Gasteiger partial charge in [0, 0.05) is 32.3 Å². The maximum atomic E-state index is 13.1. The highest BCUT2D eigenvalue weighted by atomic mass is 32.1. The Kier molecular flexibility index (Phi) is 5.35. The van der Waals surface area contributed by atoms with E-state index in [4.69, 9.17) is 9.47 Å². The summed E-state index contributed by atoms with van der Waals surface area (Å²) in [5, 5.41) is 0.926. The molecule has 0 radical (unpaired) electrons. The maximum Gasteiger partial charge on any atom is 0.265 e. The van der Waals surface area contributed by atoms with Crippen LogP contribution in [0, 0.1) is 19.8 Å². The largest absolute Gasteiger partial charge is 0.381 e. The fourth-order valence-corrected chi connectivity index (χ4v) is 6.24. The lowest BCUT2D eigenvalue weighted by molar-refractivity contribution is -0.219. The standard InChI is InChI=1S/C22H31N3O4S/c1-14-18(30-15(2)23-14)20(26)24-9-5-17(6-10-24)25-21(27)19(29-13-16-3-4-16)22(25)7-11-28-12-8-22/h16-17,19H,3-13H2,1-2H3. The number of carbonyl (C=O) groups excluding carboxylic acids is 2. The number of aromatic nitrogens is 1. The van der Waals surface area contributed by atoms with Gasteiger partial charge in [-0.1, -0.05) is 0 Å².